The summed E-state index contributed by atoms with van der Waals surface area (Å²) >= 11 is 0. The predicted molar refractivity (Wildman–Crippen MR) is 66.9 cm³/mol. The van der Waals surface area contributed by atoms with E-state index in [1.807, 2.05) is 20.3 Å². The van der Waals surface area contributed by atoms with Crippen LogP contribution in [-0.4, -0.2) is 53.4 Å². The zero-order chi connectivity index (χ0) is 13.0. The minimum absolute atomic E-state index is 0.127. The van der Waals surface area contributed by atoms with Gasteiger partial charge in [-0.05, 0) is 0 Å². The van der Waals surface area contributed by atoms with E-state index in [2.05, 4.69) is 10.4 Å². The van der Waals surface area contributed by atoms with Crippen LogP contribution < -0.4 is 5.32 Å². The summed E-state index contributed by atoms with van der Waals surface area (Å²) in [7, 11) is 3.69. The molecule has 1 saturated heterocycles. The van der Waals surface area contributed by atoms with E-state index < -0.39 is 0 Å². The van der Waals surface area contributed by atoms with Gasteiger partial charge >= 0.3 is 0 Å². The molecule has 2 rings (SSSR count). The fourth-order valence-corrected chi connectivity index (χ4v) is 2.03. The van der Waals surface area contributed by atoms with E-state index in [9.17, 15) is 4.79 Å². The van der Waals surface area contributed by atoms with Gasteiger partial charge in [0.1, 0.15) is 0 Å². The lowest BCUT2D eigenvalue weighted by Gasteiger charge is -2.25. The SMILES string of the molecule is CN(Cc1cnn(C)c1)C(=O)CC1COCCN1. The van der Waals surface area contributed by atoms with Gasteiger partial charge < -0.3 is 15.0 Å². The predicted octanol–water partition coefficient (Wildman–Crippen LogP) is -0.243. The molecule has 1 aliphatic heterocycles. The molecular weight excluding hydrogens is 232 g/mol. The maximum atomic E-state index is 12.0. The van der Waals surface area contributed by atoms with Crippen LogP contribution in [0.5, 0.6) is 0 Å². The van der Waals surface area contributed by atoms with Crippen molar-refractivity contribution in [3.63, 3.8) is 0 Å². The minimum atomic E-state index is 0.127. The highest BCUT2D eigenvalue weighted by atomic mass is 16.5. The average molecular weight is 252 g/mol. The Morgan fingerprint density at radius 3 is 3.17 bits per heavy atom. The van der Waals surface area contributed by atoms with Gasteiger partial charge in [0.25, 0.3) is 0 Å². The van der Waals surface area contributed by atoms with Crippen LogP contribution in [0.15, 0.2) is 12.4 Å². The van der Waals surface area contributed by atoms with Crippen LogP contribution in [0.2, 0.25) is 0 Å². The number of hydrogen-bond donors (Lipinski definition) is 1. The number of ether oxygens (including phenoxy) is 1. The lowest BCUT2D eigenvalue weighted by Crippen LogP contribution is -2.44. The average Bonchev–Trinajstić information content (AvgIpc) is 2.76. The first-order chi connectivity index (χ1) is 8.65. The normalized spacial score (nSPS) is 19.8. The second-order valence-corrected chi connectivity index (χ2v) is 4.70. The van der Waals surface area contributed by atoms with Crippen molar-refractivity contribution in [1.82, 2.24) is 20.0 Å². The van der Waals surface area contributed by atoms with Crippen LogP contribution in [0, 0.1) is 0 Å². The molecule has 0 aliphatic carbocycles. The first-order valence-electron chi connectivity index (χ1n) is 6.18. The van der Waals surface area contributed by atoms with Crippen molar-refractivity contribution < 1.29 is 9.53 Å². The first kappa shape index (κ1) is 13.0. The second-order valence-electron chi connectivity index (χ2n) is 4.70. The van der Waals surface area contributed by atoms with Crippen LogP contribution in [0.3, 0.4) is 0 Å². The van der Waals surface area contributed by atoms with Crippen molar-refractivity contribution in [2.75, 3.05) is 26.8 Å². The molecule has 0 spiro atoms. The maximum absolute atomic E-state index is 12.0. The molecule has 18 heavy (non-hydrogen) atoms. The highest BCUT2D eigenvalue weighted by Crippen LogP contribution is 2.06. The van der Waals surface area contributed by atoms with E-state index in [0.29, 0.717) is 19.6 Å². The topological polar surface area (TPSA) is 59.4 Å². The van der Waals surface area contributed by atoms with Gasteiger partial charge in [-0.3, -0.25) is 9.48 Å². The van der Waals surface area contributed by atoms with E-state index in [-0.39, 0.29) is 11.9 Å². The van der Waals surface area contributed by atoms with Gasteiger partial charge in [0.15, 0.2) is 0 Å². The largest absolute Gasteiger partial charge is 0.378 e. The number of carbonyl (C=O) groups excluding carboxylic acids is 1. The van der Waals surface area contributed by atoms with Gasteiger partial charge in [-0.25, -0.2) is 0 Å². The third-order valence-electron chi connectivity index (χ3n) is 3.02. The number of rotatable bonds is 4. The van der Waals surface area contributed by atoms with Crippen LogP contribution in [0.1, 0.15) is 12.0 Å². The summed E-state index contributed by atoms with van der Waals surface area (Å²) in [5.74, 6) is 0.127. The maximum Gasteiger partial charge on any atom is 0.224 e. The molecule has 1 N–H and O–H groups in total. The smallest absolute Gasteiger partial charge is 0.224 e. The van der Waals surface area contributed by atoms with Crippen molar-refractivity contribution in [2.24, 2.45) is 7.05 Å². The van der Waals surface area contributed by atoms with Crippen LogP contribution in [-0.2, 0) is 23.1 Å². The van der Waals surface area contributed by atoms with Crippen LogP contribution >= 0.6 is 0 Å². The molecule has 1 atom stereocenters. The van der Waals surface area contributed by atoms with Gasteiger partial charge in [0.05, 0.1) is 19.4 Å². The van der Waals surface area contributed by atoms with E-state index >= 15 is 0 Å². The van der Waals surface area contributed by atoms with Crippen molar-refractivity contribution in [3.05, 3.63) is 18.0 Å². The molecule has 1 unspecified atom stereocenters. The fraction of sp³-hybridized carbons (Fsp3) is 0.667. The molecule has 0 radical (unpaired) electrons. The molecule has 2 heterocycles. The summed E-state index contributed by atoms with van der Waals surface area (Å²) in [6.07, 6.45) is 4.19. The molecule has 1 aromatic rings. The van der Waals surface area contributed by atoms with Crippen LogP contribution in [0.4, 0.5) is 0 Å². The summed E-state index contributed by atoms with van der Waals surface area (Å²) in [6, 6.07) is 0.141. The Hall–Kier alpha value is -1.40. The summed E-state index contributed by atoms with van der Waals surface area (Å²) in [6.45, 7) is 2.77. The Balaban J connectivity index is 1.80. The first-order valence-corrected chi connectivity index (χ1v) is 6.18. The number of carbonyl (C=O) groups is 1. The summed E-state index contributed by atoms with van der Waals surface area (Å²) in [5, 5.41) is 7.37. The highest BCUT2D eigenvalue weighted by molar-refractivity contribution is 5.76. The third-order valence-corrected chi connectivity index (χ3v) is 3.02. The highest BCUT2D eigenvalue weighted by Gasteiger charge is 2.19. The van der Waals surface area contributed by atoms with E-state index in [0.717, 1.165) is 18.7 Å². The standard InChI is InChI=1S/C12H20N4O2/c1-15(7-10-6-14-16(2)8-10)12(17)5-11-9-18-4-3-13-11/h6,8,11,13H,3-5,7,9H2,1-2H3. The molecule has 0 aromatic carbocycles. The number of aryl methyl sites for hydroxylation is 1. The molecule has 100 valence electrons. The molecule has 1 aliphatic rings. The third kappa shape index (κ3) is 3.54. The number of hydrogen-bond acceptors (Lipinski definition) is 4. The molecule has 1 aromatic heterocycles. The Morgan fingerprint density at radius 2 is 2.56 bits per heavy atom. The second kappa shape index (κ2) is 5.97. The Morgan fingerprint density at radius 1 is 1.72 bits per heavy atom. The molecule has 1 amide bonds. The van der Waals surface area contributed by atoms with E-state index in [4.69, 9.17) is 4.74 Å². The number of aromatic nitrogens is 2. The zero-order valence-electron chi connectivity index (χ0n) is 10.9. The van der Waals surface area contributed by atoms with Gasteiger partial charge in [-0.1, -0.05) is 0 Å². The molecule has 0 saturated carbocycles. The minimum Gasteiger partial charge on any atom is -0.378 e. The molecular formula is C12H20N4O2. The van der Waals surface area contributed by atoms with Crippen molar-refractivity contribution >= 4 is 5.91 Å². The molecule has 6 heteroatoms. The van der Waals surface area contributed by atoms with Crippen molar-refractivity contribution in [1.29, 1.82) is 0 Å². The number of morpholine rings is 1. The van der Waals surface area contributed by atoms with Gasteiger partial charge in [0, 0.05) is 51.4 Å². The quantitative estimate of drug-likeness (QED) is 0.803. The Kier molecular flexibility index (Phi) is 4.33. The van der Waals surface area contributed by atoms with E-state index in [1.54, 1.807) is 15.8 Å². The molecule has 6 nitrogen and oxygen atoms in total. The summed E-state index contributed by atoms with van der Waals surface area (Å²) in [4.78, 5) is 13.8. The lowest BCUT2D eigenvalue weighted by molar-refractivity contribution is -0.131. The lowest BCUT2D eigenvalue weighted by atomic mass is 10.2. The number of nitrogens with one attached hydrogen (secondary N) is 1. The van der Waals surface area contributed by atoms with Gasteiger partial charge in [0.2, 0.25) is 5.91 Å². The van der Waals surface area contributed by atoms with Crippen molar-refractivity contribution in [3.8, 4) is 0 Å². The summed E-state index contributed by atoms with van der Waals surface area (Å²) in [5.41, 5.74) is 1.04. The fourth-order valence-electron chi connectivity index (χ4n) is 2.03. The zero-order valence-corrected chi connectivity index (χ0v) is 10.9. The molecule has 1 fully saturated rings. The van der Waals surface area contributed by atoms with Crippen LogP contribution in [0.25, 0.3) is 0 Å². The van der Waals surface area contributed by atoms with Gasteiger partial charge in [-0.2, -0.15) is 5.10 Å². The monoisotopic (exact) mass is 252 g/mol. The van der Waals surface area contributed by atoms with E-state index in [1.165, 1.54) is 0 Å². The number of amides is 1. The Labute approximate surface area is 107 Å². The van der Waals surface area contributed by atoms with Crippen molar-refractivity contribution in [2.45, 2.75) is 19.0 Å². The Bertz CT molecular complexity index is 399. The summed E-state index contributed by atoms with van der Waals surface area (Å²) < 4.78 is 7.08. The number of nitrogens with zero attached hydrogens (tertiary/aromatic N) is 3. The molecule has 0 bridgehead atoms. The van der Waals surface area contributed by atoms with Gasteiger partial charge in [-0.15, -0.1) is 0 Å².